The Bertz CT molecular complexity index is 149. The van der Waals surface area contributed by atoms with Gasteiger partial charge in [0.25, 0.3) is 0 Å². The normalized spacial score (nSPS) is 42.2. The fraction of sp³-hybridized carbons (Fsp3) is 1.00. The minimum atomic E-state index is 0.198. The van der Waals surface area contributed by atoms with Crippen molar-refractivity contribution >= 4 is 0 Å². The van der Waals surface area contributed by atoms with Crippen molar-refractivity contribution in [2.24, 2.45) is 5.41 Å². The van der Waals surface area contributed by atoms with Crippen LogP contribution in [0.25, 0.3) is 0 Å². The van der Waals surface area contributed by atoms with E-state index in [0.29, 0.717) is 12.6 Å². The first kappa shape index (κ1) is 8.48. The lowest BCUT2D eigenvalue weighted by atomic mass is 9.70. The van der Waals surface area contributed by atoms with E-state index in [1.807, 2.05) is 0 Å². The molecule has 0 saturated carbocycles. The Balaban J connectivity index is 2.10. The van der Waals surface area contributed by atoms with Crippen molar-refractivity contribution in [3.05, 3.63) is 0 Å². The number of hydrogen-bond acceptors (Lipinski definition) is 3. The standard InChI is InChI=1S/C9H18N2O/c12-7-9-2-1-4-11-8(9)6-10-5-3-9/h8,10-12H,1-7H2/t8-,9-/m1/s1. The van der Waals surface area contributed by atoms with Gasteiger partial charge in [0.15, 0.2) is 0 Å². The molecule has 2 aliphatic rings. The molecule has 0 radical (unpaired) electrons. The van der Waals surface area contributed by atoms with Gasteiger partial charge in [0.2, 0.25) is 0 Å². The summed E-state index contributed by atoms with van der Waals surface area (Å²) in [5.74, 6) is 0. The lowest BCUT2D eigenvalue weighted by molar-refractivity contribution is 0.0267. The molecule has 3 nitrogen and oxygen atoms in total. The molecule has 0 bridgehead atoms. The van der Waals surface area contributed by atoms with E-state index in [1.54, 1.807) is 0 Å². The van der Waals surface area contributed by atoms with Gasteiger partial charge in [-0.25, -0.2) is 0 Å². The third kappa shape index (κ3) is 1.26. The van der Waals surface area contributed by atoms with Crippen LogP contribution < -0.4 is 10.6 Å². The van der Waals surface area contributed by atoms with Crippen molar-refractivity contribution in [3.8, 4) is 0 Å². The number of aliphatic hydroxyl groups excluding tert-OH is 1. The van der Waals surface area contributed by atoms with Crippen molar-refractivity contribution in [2.75, 3.05) is 26.2 Å². The molecule has 0 aromatic carbocycles. The molecule has 0 amide bonds. The highest BCUT2D eigenvalue weighted by Gasteiger charge is 2.41. The van der Waals surface area contributed by atoms with Gasteiger partial charge in [-0.2, -0.15) is 0 Å². The fourth-order valence-electron chi connectivity index (χ4n) is 2.55. The summed E-state index contributed by atoms with van der Waals surface area (Å²) in [5.41, 5.74) is 0.198. The second-order valence-electron chi connectivity index (χ2n) is 4.08. The second-order valence-corrected chi connectivity index (χ2v) is 4.08. The molecule has 70 valence electrons. The van der Waals surface area contributed by atoms with E-state index in [9.17, 15) is 5.11 Å². The lowest BCUT2D eigenvalue weighted by Gasteiger charge is -2.47. The topological polar surface area (TPSA) is 44.3 Å². The third-order valence-corrected chi connectivity index (χ3v) is 3.44. The average molecular weight is 170 g/mol. The number of nitrogens with one attached hydrogen (secondary N) is 2. The summed E-state index contributed by atoms with van der Waals surface area (Å²) >= 11 is 0. The van der Waals surface area contributed by atoms with Crippen molar-refractivity contribution in [2.45, 2.75) is 25.3 Å². The third-order valence-electron chi connectivity index (χ3n) is 3.44. The maximum Gasteiger partial charge on any atom is 0.0503 e. The summed E-state index contributed by atoms with van der Waals surface area (Å²) in [7, 11) is 0. The Morgan fingerprint density at radius 1 is 1.33 bits per heavy atom. The first-order valence-electron chi connectivity index (χ1n) is 4.92. The predicted molar refractivity (Wildman–Crippen MR) is 48.0 cm³/mol. The molecule has 2 aliphatic heterocycles. The quantitative estimate of drug-likeness (QED) is 0.507. The maximum atomic E-state index is 9.41. The van der Waals surface area contributed by atoms with E-state index >= 15 is 0 Å². The number of hydrogen-bond donors (Lipinski definition) is 3. The van der Waals surface area contributed by atoms with Crippen molar-refractivity contribution < 1.29 is 5.11 Å². The highest BCUT2D eigenvalue weighted by molar-refractivity contribution is 4.98. The van der Waals surface area contributed by atoms with Crippen LogP contribution >= 0.6 is 0 Å². The first-order valence-corrected chi connectivity index (χ1v) is 4.92. The summed E-state index contributed by atoms with van der Waals surface area (Å²) in [6, 6.07) is 0.505. The predicted octanol–water partition coefficient (Wildman–Crippen LogP) is -0.290. The van der Waals surface area contributed by atoms with Crippen LogP contribution in [0, 0.1) is 5.41 Å². The molecule has 0 unspecified atom stereocenters. The summed E-state index contributed by atoms with van der Waals surface area (Å²) in [5, 5.41) is 16.3. The number of rotatable bonds is 1. The van der Waals surface area contributed by atoms with Crippen LogP contribution in [0.3, 0.4) is 0 Å². The molecule has 3 heteroatoms. The van der Waals surface area contributed by atoms with E-state index in [1.165, 1.54) is 12.8 Å². The minimum Gasteiger partial charge on any atom is -0.396 e. The SMILES string of the molecule is OC[C@]12CCCN[C@@H]1CNCC2. The van der Waals surface area contributed by atoms with Gasteiger partial charge in [-0.1, -0.05) is 0 Å². The Hall–Kier alpha value is -0.120. The van der Waals surface area contributed by atoms with Gasteiger partial charge in [-0.3, -0.25) is 0 Å². The van der Waals surface area contributed by atoms with E-state index < -0.39 is 0 Å². The van der Waals surface area contributed by atoms with Crippen LogP contribution in [0.2, 0.25) is 0 Å². The molecule has 2 fully saturated rings. The van der Waals surface area contributed by atoms with Crippen LogP contribution in [-0.4, -0.2) is 37.4 Å². The summed E-state index contributed by atoms with van der Waals surface area (Å²) < 4.78 is 0. The summed E-state index contributed by atoms with van der Waals surface area (Å²) in [6.45, 7) is 3.57. The zero-order valence-corrected chi connectivity index (χ0v) is 7.47. The van der Waals surface area contributed by atoms with Crippen molar-refractivity contribution in [3.63, 3.8) is 0 Å². The van der Waals surface area contributed by atoms with Crippen molar-refractivity contribution in [1.82, 2.24) is 10.6 Å². The van der Waals surface area contributed by atoms with E-state index in [4.69, 9.17) is 0 Å². The Morgan fingerprint density at radius 2 is 2.25 bits per heavy atom. The zero-order chi connectivity index (χ0) is 8.44. The monoisotopic (exact) mass is 170 g/mol. The smallest absolute Gasteiger partial charge is 0.0503 e. The van der Waals surface area contributed by atoms with Gasteiger partial charge in [-0.15, -0.1) is 0 Å². The molecule has 2 saturated heterocycles. The summed E-state index contributed by atoms with van der Waals surface area (Å²) in [4.78, 5) is 0. The maximum absolute atomic E-state index is 9.41. The van der Waals surface area contributed by atoms with Gasteiger partial charge >= 0.3 is 0 Å². The Morgan fingerprint density at radius 3 is 3.00 bits per heavy atom. The van der Waals surface area contributed by atoms with Gasteiger partial charge in [0, 0.05) is 18.0 Å². The minimum absolute atomic E-state index is 0.198. The van der Waals surface area contributed by atoms with Crippen LogP contribution in [0.15, 0.2) is 0 Å². The zero-order valence-electron chi connectivity index (χ0n) is 7.47. The van der Waals surface area contributed by atoms with Crippen molar-refractivity contribution in [1.29, 1.82) is 0 Å². The number of aliphatic hydroxyl groups is 1. The molecule has 0 spiro atoms. The van der Waals surface area contributed by atoms with E-state index in [2.05, 4.69) is 10.6 Å². The highest BCUT2D eigenvalue weighted by atomic mass is 16.3. The van der Waals surface area contributed by atoms with Gasteiger partial charge in [-0.05, 0) is 32.4 Å². The molecular formula is C9H18N2O. The Labute approximate surface area is 73.5 Å². The van der Waals surface area contributed by atoms with Crippen LogP contribution in [-0.2, 0) is 0 Å². The molecule has 2 rings (SSSR count). The van der Waals surface area contributed by atoms with E-state index in [-0.39, 0.29) is 5.41 Å². The Kier molecular flexibility index (Phi) is 2.35. The molecule has 3 N–H and O–H groups in total. The molecular weight excluding hydrogens is 152 g/mol. The lowest BCUT2D eigenvalue weighted by Crippen LogP contribution is -2.60. The molecule has 2 heterocycles. The molecule has 12 heavy (non-hydrogen) atoms. The molecule has 0 aromatic rings. The van der Waals surface area contributed by atoms with Gasteiger partial charge in [0.05, 0.1) is 6.61 Å². The fourth-order valence-corrected chi connectivity index (χ4v) is 2.55. The van der Waals surface area contributed by atoms with Crippen LogP contribution in [0.4, 0.5) is 0 Å². The van der Waals surface area contributed by atoms with E-state index in [0.717, 1.165) is 26.1 Å². The molecule has 0 aliphatic carbocycles. The second kappa shape index (κ2) is 3.32. The van der Waals surface area contributed by atoms with Crippen LogP contribution in [0.5, 0.6) is 0 Å². The first-order chi connectivity index (χ1) is 5.87. The number of piperidine rings is 2. The average Bonchev–Trinajstić information content (AvgIpc) is 2.18. The highest BCUT2D eigenvalue weighted by Crippen LogP contribution is 2.35. The molecule has 0 aromatic heterocycles. The largest absolute Gasteiger partial charge is 0.396 e. The summed E-state index contributed by atoms with van der Waals surface area (Å²) in [6.07, 6.45) is 3.54. The molecule has 2 atom stereocenters. The van der Waals surface area contributed by atoms with Crippen LogP contribution in [0.1, 0.15) is 19.3 Å². The van der Waals surface area contributed by atoms with Gasteiger partial charge < -0.3 is 15.7 Å². The number of fused-ring (bicyclic) bond motifs is 1. The van der Waals surface area contributed by atoms with Gasteiger partial charge in [0.1, 0.15) is 0 Å².